The van der Waals surface area contributed by atoms with Crippen molar-refractivity contribution in [2.45, 2.75) is 64.3 Å². The number of aromatic nitrogens is 3. The summed E-state index contributed by atoms with van der Waals surface area (Å²) in [6.07, 6.45) is 5.72. The Labute approximate surface area is 177 Å². The van der Waals surface area contributed by atoms with E-state index in [-0.39, 0.29) is 17.2 Å². The van der Waals surface area contributed by atoms with Gasteiger partial charge in [0, 0.05) is 47.9 Å². The number of nitrogens with one attached hydrogen (secondary N) is 1. The van der Waals surface area contributed by atoms with Crippen LogP contribution in [-0.2, 0) is 6.61 Å². The number of pyridine rings is 1. The van der Waals surface area contributed by atoms with E-state index in [9.17, 15) is 0 Å². The summed E-state index contributed by atoms with van der Waals surface area (Å²) in [6.45, 7) is 9.38. The van der Waals surface area contributed by atoms with Crippen molar-refractivity contribution < 1.29 is 9.47 Å². The van der Waals surface area contributed by atoms with Gasteiger partial charge in [-0.25, -0.2) is 4.68 Å². The van der Waals surface area contributed by atoms with Crippen molar-refractivity contribution in [3.05, 3.63) is 54.4 Å². The van der Waals surface area contributed by atoms with Gasteiger partial charge in [-0.05, 0) is 63.1 Å². The van der Waals surface area contributed by atoms with Crippen LogP contribution in [-0.4, -0.2) is 31.9 Å². The molecule has 30 heavy (non-hydrogen) atoms. The third kappa shape index (κ3) is 3.67. The lowest BCUT2D eigenvalue weighted by Gasteiger charge is -2.46. The number of hydrogen-bond acceptors (Lipinski definition) is 5. The van der Waals surface area contributed by atoms with Crippen LogP contribution >= 0.6 is 0 Å². The van der Waals surface area contributed by atoms with Gasteiger partial charge in [-0.3, -0.25) is 0 Å². The number of benzene rings is 1. The molecule has 2 aliphatic heterocycles. The summed E-state index contributed by atoms with van der Waals surface area (Å²) in [6, 6.07) is 12.2. The largest absolute Gasteiger partial charge is 0.474 e. The van der Waals surface area contributed by atoms with E-state index >= 15 is 0 Å². The van der Waals surface area contributed by atoms with E-state index < -0.39 is 0 Å². The fourth-order valence-electron chi connectivity index (χ4n) is 4.96. The molecular weight excluding hydrogens is 376 g/mol. The van der Waals surface area contributed by atoms with Crippen molar-refractivity contribution in [2.75, 3.05) is 0 Å². The average molecular weight is 405 g/mol. The van der Waals surface area contributed by atoms with Gasteiger partial charge in [-0.2, -0.15) is 10.1 Å². The van der Waals surface area contributed by atoms with Gasteiger partial charge >= 0.3 is 0 Å². The van der Waals surface area contributed by atoms with Gasteiger partial charge < -0.3 is 14.8 Å². The van der Waals surface area contributed by atoms with Gasteiger partial charge in [0.1, 0.15) is 12.7 Å². The molecule has 6 heteroatoms. The summed E-state index contributed by atoms with van der Waals surface area (Å²) in [5, 5.41) is 8.00. The molecule has 4 heterocycles. The Bertz CT molecular complexity index is 1060. The summed E-state index contributed by atoms with van der Waals surface area (Å²) in [4.78, 5) is 4.69. The summed E-state index contributed by atoms with van der Waals surface area (Å²) >= 11 is 0. The molecule has 1 N–H and O–H groups in total. The van der Waals surface area contributed by atoms with Crippen LogP contribution in [0, 0.1) is 0 Å². The highest BCUT2D eigenvalue weighted by Gasteiger charge is 2.39. The molecule has 6 nitrogen and oxygen atoms in total. The molecule has 0 unspecified atom stereocenters. The Hall–Kier alpha value is -2.86. The minimum absolute atomic E-state index is 0.0301. The normalized spacial score (nSPS) is 19.5. The van der Waals surface area contributed by atoms with Crippen LogP contribution in [0.25, 0.3) is 16.8 Å². The second-order valence-corrected chi connectivity index (χ2v) is 9.62. The van der Waals surface area contributed by atoms with Crippen molar-refractivity contribution in [3.8, 4) is 28.6 Å². The first kappa shape index (κ1) is 19.1. The maximum atomic E-state index is 6.31. The highest BCUT2D eigenvalue weighted by atomic mass is 16.5. The molecule has 0 amide bonds. The van der Waals surface area contributed by atoms with E-state index in [1.165, 1.54) is 0 Å². The molecule has 3 aromatic rings. The van der Waals surface area contributed by atoms with E-state index in [1.807, 2.05) is 23.0 Å². The molecule has 0 radical (unpaired) electrons. The van der Waals surface area contributed by atoms with Crippen molar-refractivity contribution in [2.24, 2.45) is 0 Å². The zero-order valence-corrected chi connectivity index (χ0v) is 18.0. The molecule has 1 fully saturated rings. The second-order valence-electron chi connectivity index (χ2n) is 9.62. The molecule has 5 rings (SSSR count). The van der Waals surface area contributed by atoms with E-state index in [4.69, 9.17) is 14.5 Å². The number of fused-ring (bicyclic) bond motifs is 3. The van der Waals surface area contributed by atoms with E-state index in [0.717, 1.165) is 35.2 Å². The Morgan fingerprint density at radius 3 is 2.57 bits per heavy atom. The molecule has 156 valence electrons. The van der Waals surface area contributed by atoms with Gasteiger partial charge in [-0.15, -0.1) is 0 Å². The first-order valence-corrected chi connectivity index (χ1v) is 10.5. The van der Waals surface area contributed by atoms with Crippen molar-refractivity contribution >= 4 is 0 Å². The quantitative estimate of drug-likeness (QED) is 0.696. The van der Waals surface area contributed by atoms with Crippen LogP contribution in [0.1, 0.15) is 46.1 Å². The standard InChI is InChI=1S/C24H28N4O2/c1-23(2)13-18(14-24(3,4)27-23)30-21-9-8-20-19-7-6-17(28-11-5-10-25-28)12-16(19)15-29-22(20)26-21/h5-12,18,27H,13-15H2,1-4H3. The fourth-order valence-corrected chi connectivity index (χ4v) is 4.96. The monoisotopic (exact) mass is 404 g/mol. The van der Waals surface area contributed by atoms with Crippen molar-refractivity contribution in [3.63, 3.8) is 0 Å². The summed E-state index contributed by atoms with van der Waals surface area (Å²) in [5.74, 6) is 1.27. The number of rotatable bonds is 3. The van der Waals surface area contributed by atoms with Gasteiger partial charge in [0.2, 0.25) is 11.8 Å². The van der Waals surface area contributed by atoms with Crippen LogP contribution in [0.4, 0.5) is 0 Å². The highest BCUT2D eigenvalue weighted by molar-refractivity contribution is 5.74. The van der Waals surface area contributed by atoms with Crippen molar-refractivity contribution in [1.29, 1.82) is 0 Å². The number of nitrogens with zero attached hydrogens (tertiary/aromatic N) is 3. The minimum Gasteiger partial charge on any atom is -0.474 e. The number of ether oxygens (including phenoxy) is 2. The van der Waals surface area contributed by atoms with E-state index in [2.05, 4.69) is 62.4 Å². The van der Waals surface area contributed by atoms with Crippen molar-refractivity contribution in [1.82, 2.24) is 20.1 Å². The Morgan fingerprint density at radius 1 is 1.07 bits per heavy atom. The molecule has 0 aliphatic carbocycles. The third-order valence-electron chi connectivity index (χ3n) is 5.79. The topological polar surface area (TPSA) is 61.2 Å². The second kappa shape index (κ2) is 6.84. The van der Waals surface area contributed by atoms with Gasteiger partial charge in [0.25, 0.3) is 0 Å². The predicted molar refractivity (Wildman–Crippen MR) is 116 cm³/mol. The fraction of sp³-hybridized carbons (Fsp3) is 0.417. The Kier molecular flexibility index (Phi) is 4.36. The maximum absolute atomic E-state index is 6.31. The first-order chi connectivity index (χ1) is 14.3. The lowest BCUT2D eigenvalue weighted by atomic mass is 9.81. The van der Waals surface area contributed by atoms with Crippen LogP contribution in [0.15, 0.2) is 48.8 Å². The zero-order chi connectivity index (χ0) is 20.9. The molecule has 1 aromatic carbocycles. The third-order valence-corrected chi connectivity index (χ3v) is 5.79. The van der Waals surface area contributed by atoms with Gasteiger partial charge in [0.05, 0.1) is 5.69 Å². The SMILES string of the molecule is CC1(C)CC(Oc2ccc3c(n2)OCc2cc(-n4cccn4)ccc2-3)CC(C)(C)N1. The van der Waals surface area contributed by atoms with Crippen LogP contribution in [0.2, 0.25) is 0 Å². The Morgan fingerprint density at radius 2 is 1.83 bits per heavy atom. The molecule has 0 atom stereocenters. The number of hydrogen-bond donors (Lipinski definition) is 1. The smallest absolute Gasteiger partial charge is 0.225 e. The van der Waals surface area contributed by atoms with E-state index in [0.29, 0.717) is 18.4 Å². The molecular formula is C24H28N4O2. The summed E-state index contributed by atoms with van der Waals surface area (Å²) in [5.41, 5.74) is 4.37. The van der Waals surface area contributed by atoms with Crippen LogP contribution in [0.5, 0.6) is 11.8 Å². The predicted octanol–water partition coefficient (Wildman–Crippen LogP) is 4.51. The average Bonchev–Trinajstić information content (AvgIpc) is 3.19. The van der Waals surface area contributed by atoms with Gasteiger partial charge in [-0.1, -0.05) is 6.07 Å². The number of piperidine rings is 1. The zero-order valence-electron chi connectivity index (χ0n) is 18.0. The lowest BCUT2D eigenvalue weighted by molar-refractivity contribution is 0.0525. The molecule has 1 saturated heterocycles. The molecule has 0 spiro atoms. The highest BCUT2D eigenvalue weighted by Crippen LogP contribution is 2.39. The van der Waals surface area contributed by atoms with Gasteiger partial charge in [0.15, 0.2) is 0 Å². The van der Waals surface area contributed by atoms with E-state index in [1.54, 1.807) is 6.20 Å². The minimum atomic E-state index is 0.0301. The molecule has 2 aliphatic rings. The summed E-state index contributed by atoms with van der Waals surface area (Å²) in [7, 11) is 0. The van der Waals surface area contributed by atoms with Crippen LogP contribution < -0.4 is 14.8 Å². The molecule has 0 bridgehead atoms. The lowest BCUT2D eigenvalue weighted by Crippen LogP contribution is -2.60. The van der Waals surface area contributed by atoms with Crippen LogP contribution in [0.3, 0.4) is 0 Å². The molecule has 2 aromatic heterocycles. The molecule has 0 saturated carbocycles. The Balaban J connectivity index is 1.39. The maximum Gasteiger partial charge on any atom is 0.225 e. The first-order valence-electron chi connectivity index (χ1n) is 10.5. The summed E-state index contributed by atoms with van der Waals surface area (Å²) < 4.78 is 14.2.